The van der Waals surface area contributed by atoms with Crippen molar-refractivity contribution in [2.75, 3.05) is 7.11 Å². The van der Waals surface area contributed by atoms with Gasteiger partial charge in [-0.3, -0.25) is 4.79 Å². The van der Waals surface area contributed by atoms with E-state index in [9.17, 15) is 4.79 Å². The van der Waals surface area contributed by atoms with Crippen LogP contribution in [0.2, 0.25) is 0 Å². The Morgan fingerprint density at radius 2 is 1.86 bits per heavy atom. The van der Waals surface area contributed by atoms with Gasteiger partial charge >= 0.3 is 0 Å². The van der Waals surface area contributed by atoms with Crippen molar-refractivity contribution in [1.29, 1.82) is 0 Å². The Labute approximate surface area is 130 Å². The van der Waals surface area contributed by atoms with Crippen LogP contribution in [0.4, 0.5) is 0 Å². The van der Waals surface area contributed by atoms with Crippen LogP contribution in [0, 0.1) is 0 Å². The third kappa shape index (κ3) is 5.25. The summed E-state index contributed by atoms with van der Waals surface area (Å²) in [4.78, 5) is 11.7. The van der Waals surface area contributed by atoms with Crippen molar-refractivity contribution in [2.24, 2.45) is 5.10 Å². The lowest BCUT2D eigenvalue weighted by molar-refractivity contribution is -0.120. The highest BCUT2D eigenvalue weighted by Gasteiger charge is 2.01. The SMILES string of the molecule is COc1ccc(CC(=O)N/N=C/C=C\c2ccccc2)cc1. The minimum Gasteiger partial charge on any atom is -0.497 e. The first-order valence-electron chi connectivity index (χ1n) is 6.94. The maximum absolute atomic E-state index is 11.7. The molecule has 0 radical (unpaired) electrons. The molecule has 112 valence electrons. The maximum atomic E-state index is 11.7. The molecule has 0 aliphatic rings. The van der Waals surface area contributed by atoms with Crippen LogP contribution < -0.4 is 10.2 Å². The molecule has 0 fully saturated rings. The number of methoxy groups -OCH3 is 1. The lowest BCUT2D eigenvalue weighted by atomic mass is 10.1. The Kier molecular flexibility index (Phi) is 5.93. The van der Waals surface area contributed by atoms with E-state index in [1.807, 2.05) is 60.7 Å². The zero-order valence-corrected chi connectivity index (χ0v) is 12.4. The zero-order chi connectivity index (χ0) is 15.6. The van der Waals surface area contributed by atoms with Crippen LogP contribution in [0.5, 0.6) is 5.75 Å². The molecule has 0 unspecified atom stereocenters. The first-order valence-corrected chi connectivity index (χ1v) is 6.94. The van der Waals surface area contributed by atoms with Crippen molar-refractivity contribution in [3.8, 4) is 5.75 Å². The molecule has 0 spiro atoms. The van der Waals surface area contributed by atoms with E-state index in [4.69, 9.17) is 4.74 Å². The fraction of sp³-hybridized carbons (Fsp3) is 0.111. The predicted octanol–water partition coefficient (Wildman–Crippen LogP) is 3.05. The van der Waals surface area contributed by atoms with E-state index >= 15 is 0 Å². The van der Waals surface area contributed by atoms with Crippen molar-refractivity contribution in [1.82, 2.24) is 5.43 Å². The molecule has 0 aliphatic heterocycles. The van der Waals surface area contributed by atoms with Crippen LogP contribution in [-0.4, -0.2) is 19.2 Å². The molecule has 0 saturated carbocycles. The van der Waals surface area contributed by atoms with Crippen molar-refractivity contribution >= 4 is 18.2 Å². The maximum Gasteiger partial charge on any atom is 0.244 e. The molecule has 2 aromatic carbocycles. The number of hydrogen-bond acceptors (Lipinski definition) is 3. The minimum atomic E-state index is -0.158. The number of rotatable bonds is 6. The normalized spacial score (nSPS) is 11.0. The van der Waals surface area contributed by atoms with Crippen LogP contribution in [0.1, 0.15) is 11.1 Å². The number of nitrogens with one attached hydrogen (secondary N) is 1. The molecular weight excluding hydrogens is 276 g/mol. The molecule has 0 bridgehead atoms. The number of amides is 1. The van der Waals surface area contributed by atoms with Gasteiger partial charge in [0.15, 0.2) is 0 Å². The molecule has 1 amide bonds. The summed E-state index contributed by atoms with van der Waals surface area (Å²) in [7, 11) is 1.61. The van der Waals surface area contributed by atoms with Gasteiger partial charge in [-0.1, -0.05) is 48.5 Å². The second-order valence-corrected chi connectivity index (χ2v) is 4.61. The topological polar surface area (TPSA) is 50.7 Å². The first kappa shape index (κ1) is 15.5. The Hall–Kier alpha value is -2.88. The summed E-state index contributed by atoms with van der Waals surface area (Å²) in [6.07, 6.45) is 5.53. The first-order chi connectivity index (χ1) is 10.8. The highest BCUT2D eigenvalue weighted by atomic mass is 16.5. The quantitative estimate of drug-likeness (QED) is 0.657. The molecule has 2 rings (SSSR count). The average molecular weight is 294 g/mol. The second kappa shape index (κ2) is 8.42. The molecule has 4 heteroatoms. The third-order valence-corrected chi connectivity index (χ3v) is 2.96. The Balaban J connectivity index is 1.77. The molecule has 0 atom stereocenters. The van der Waals surface area contributed by atoms with E-state index in [0.29, 0.717) is 0 Å². The molecule has 4 nitrogen and oxygen atoms in total. The molecule has 2 aromatic rings. The fourth-order valence-corrected chi connectivity index (χ4v) is 1.84. The number of carbonyl (C=O) groups excluding carboxylic acids is 1. The lowest BCUT2D eigenvalue weighted by Gasteiger charge is -2.02. The zero-order valence-electron chi connectivity index (χ0n) is 12.4. The fourth-order valence-electron chi connectivity index (χ4n) is 1.84. The van der Waals surface area contributed by atoms with Gasteiger partial charge < -0.3 is 4.74 Å². The van der Waals surface area contributed by atoms with Crippen molar-refractivity contribution in [2.45, 2.75) is 6.42 Å². The number of benzene rings is 2. The summed E-state index contributed by atoms with van der Waals surface area (Å²) in [6.45, 7) is 0. The summed E-state index contributed by atoms with van der Waals surface area (Å²) in [5.74, 6) is 0.614. The van der Waals surface area contributed by atoms with E-state index < -0.39 is 0 Å². The Bertz CT molecular complexity index is 647. The highest BCUT2D eigenvalue weighted by Crippen LogP contribution is 2.11. The summed E-state index contributed by atoms with van der Waals surface area (Å²) < 4.78 is 5.07. The third-order valence-electron chi connectivity index (χ3n) is 2.96. The number of allylic oxidation sites excluding steroid dienone is 1. The van der Waals surface area contributed by atoms with Gasteiger partial charge in [0.1, 0.15) is 5.75 Å². The van der Waals surface area contributed by atoms with Crippen molar-refractivity contribution in [3.63, 3.8) is 0 Å². The molecule has 1 N–H and O–H groups in total. The van der Waals surface area contributed by atoms with E-state index in [2.05, 4.69) is 10.5 Å². The average Bonchev–Trinajstić information content (AvgIpc) is 2.56. The van der Waals surface area contributed by atoms with E-state index in [1.165, 1.54) is 0 Å². The number of carbonyl (C=O) groups is 1. The van der Waals surface area contributed by atoms with Gasteiger partial charge in [-0.2, -0.15) is 5.10 Å². The van der Waals surface area contributed by atoms with Gasteiger partial charge in [0.2, 0.25) is 5.91 Å². The number of ether oxygens (including phenoxy) is 1. The molecule has 0 heterocycles. The lowest BCUT2D eigenvalue weighted by Crippen LogP contribution is -2.19. The molecular formula is C18H18N2O2. The second-order valence-electron chi connectivity index (χ2n) is 4.61. The number of nitrogens with zero attached hydrogens (tertiary/aromatic N) is 1. The van der Waals surface area contributed by atoms with Gasteiger partial charge in [-0.05, 0) is 29.3 Å². The predicted molar refractivity (Wildman–Crippen MR) is 88.8 cm³/mol. The number of hydrogen-bond donors (Lipinski definition) is 1. The summed E-state index contributed by atoms with van der Waals surface area (Å²) in [6, 6.07) is 17.3. The van der Waals surface area contributed by atoms with E-state index in [0.717, 1.165) is 16.9 Å². The minimum absolute atomic E-state index is 0.158. The van der Waals surface area contributed by atoms with Crippen LogP contribution in [0.15, 0.2) is 65.8 Å². The van der Waals surface area contributed by atoms with Gasteiger partial charge in [0.25, 0.3) is 0 Å². The van der Waals surface area contributed by atoms with Crippen LogP contribution in [-0.2, 0) is 11.2 Å². The van der Waals surface area contributed by atoms with Crippen molar-refractivity contribution < 1.29 is 9.53 Å². The molecule has 0 aliphatic carbocycles. The van der Waals surface area contributed by atoms with Crippen molar-refractivity contribution in [3.05, 3.63) is 71.8 Å². The number of hydrazone groups is 1. The van der Waals surface area contributed by atoms with Crippen LogP contribution in [0.3, 0.4) is 0 Å². The van der Waals surface area contributed by atoms with E-state index in [1.54, 1.807) is 19.4 Å². The summed E-state index contributed by atoms with van der Waals surface area (Å²) in [5, 5.41) is 3.88. The Morgan fingerprint density at radius 3 is 2.55 bits per heavy atom. The van der Waals surface area contributed by atoms with E-state index in [-0.39, 0.29) is 12.3 Å². The molecule has 0 aromatic heterocycles. The van der Waals surface area contributed by atoms with Crippen LogP contribution in [0.25, 0.3) is 6.08 Å². The summed E-state index contributed by atoms with van der Waals surface area (Å²) >= 11 is 0. The molecule has 0 saturated heterocycles. The smallest absolute Gasteiger partial charge is 0.244 e. The van der Waals surface area contributed by atoms with Gasteiger partial charge in [0.05, 0.1) is 13.5 Å². The summed E-state index contributed by atoms with van der Waals surface area (Å²) in [5.41, 5.74) is 4.49. The standard InChI is InChI=1S/C18H18N2O2/c1-22-17-11-9-16(10-12-17)14-18(21)20-19-13-5-8-15-6-3-2-4-7-15/h2-13H,14H2,1H3,(H,20,21)/b8-5-,19-13+. The Morgan fingerprint density at radius 1 is 1.14 bits per heavy atom. The molecule has 22 heavy (non-hydrogen) atoms. The highest BCUT2D eigenvalue weighted by molar-refractivity contribution is 5.82. The van der Waals surface area contributed by atoms with Gasteiger partial charge in [-0.25, -0.2) is 5.43 Å². The van der Waals surface area contributed by atoms with Gasteiger partial charge in [0, 0.05) is 6.21 Å². The van der Waals surface area contributed by atoms with Crippen LogP contribution >= 0.6 is 0 Å². The van der Waals surface area contributed by atoms with Gasteiger partial charge in [-0.15, -0.1) is 0 Å². The monoisotopic (exact) mass is 294 g/mol. The largest absolute Gasteiger partial charge is 0.497 e.